The van der Waals surface area contributed by atoms with Crippen LogP contribution in [-0.2, 0) is 6.54 Å². The van der Waals surface area contributed by atoms with Gasteiger partial charge in [-0.25, -0.2) is 4.39 Å². The van der Waals surface area contributed by atoms with E-state index in [0.29, 0.717) is 11.6 Å². The Labute approximate surface area is 144 Å². The SMILES string of the molecule is O=[N+]([O-])c1ccc(Cl)c(CN2CCN(c3ccc(F)cc3)CC2)c1. The molecular formula is C17H17ClFN3O2. The first-order valence-corrected chi connectivity index (χ1v) is 8.06. The van der Waals surface area contributed by atoms with E-state index in [4.69, 9.17) is 11.6 Å². The van der Waals surface area contributed by atoms with Crippen molar-refractivity contribution in [3.8, 4) is 0 Å². The second-order valence-corrected chi connectivity index (χ2v) is 6.18. The number of rotatable bonds is 4. The number of nitrogens with zero attached hydrogens (tertiary/aromatic N) is 3. The van der Waals surface area contributed by atoms with Gasteiger partial charge in [0.2, 0.25) is 0 Å². The zero-order valence-corrected chi connectivity index (χ0v) is 13.7. The fourth-order valence-corrected chi connectivity index (χ4v) is 3.03. The molecule has 1 aliphatic heterocycles. The lowest BCUT2D eigenvalue weighted by Gasteiger charge is -2.36. The van der Waals surface area contributed by atoms with E-state index in [1.165, 1.54) is 24.3 Å². The topological polar surface area (TPSA) is 49.6 Å². The van der Waals surface area contributed by atoms with E-state index in [1.807, 2.05) is 0 Å². The van der Waals surface area contributed by atoms with Gasteiger partial charge in [0.15, 0.2) is 0 Å². The number of halogens is 2. The van der Waals surface area contributed by atoms with Crippen LogP contribution in [0.3, 0.4) is 0 Å². The number of anilines is 1. The Hall–Kier alpha value is -2.18. The molecule has 0 N–H and O–H groups in total. The fraction of sp³-hybridized carbons (Fsp3) is 0.294. The quantitative estimate of drug-likeness (QED) is 0.623. The van der Waals surface area contributed by atoms with Crippen LogP contribution in [-0.4, -0.2) is 36.0 Å². The van der Waals surface area contributed by atoms with Gasteiger partial charge in [-0.05, 0) is 35.9 Å². The van der Waals surface area contributed by atoms with Crippen LogP contribution in [0, 0.1) is 15.9 Å². The van der Waals surface area contributed by atoms with E-state index in [1.54, 1.807) is 18.2 Å². The number of hydrogen-bond donors (Lipinski definition) is 0. The van der Waals surface area contributed by atoms with Crippen LogP contribution in [0.5, 0.6) is 0 Å². The summed E-state index contributed by atoms with van der Waals surface area (Å²) in [4.78, 5) is 14.9. The fourth-order valence-electron chi connectivity index (χ4n) is 2.85. The molecule has 2 aromatic rings. The Balaban J connectivity index is 1.62. The van der Waals surface area contributed by atoms with Gasteiger partial charge in [0.1, 0.15) is 5.82 Å². The number of nitro benzene ring substituents is 1. The minimum atomic E-state index is -0.410. The lowest BCUT2D eigenvalue weighted by atomic mass is 10.1. The Morgan fingerprint density at radius 3 is 2.38 bits per heavy atom. The summed E-state index contributed by atoms with van der Waals surface area (Å²) >= 11 is 6.16. The molecule has 0 unspecified atom stereocenters. The average Bonchev–Trinajstić information content (AvgIpc) is 2.58. The molecule has 1 aliphatic rings. The Kier molecular flexibility index (Phi) is 4.97. The summed E-state index contributed by atoms with van der Waals surface area (Å²) in [6.45, 7) is 3.85. The van der Waals surface area contributed by atoms with Gasteiger partial charge in [0.05, 0.1) is 4.92 Å². The number of nitro groups is 1. The maximum atomic E-state index is 13.0. The summed E-state index contributed by atoms with van der Waals surface area (Å²) in [5.41, 5.74) is 1.82. The molecule has 0 aliphatic carbocycles. The van der Waals surface area contributed by atoms with Gasteiger partial charge in [-0.1, -0.05) is 11.6 Å². The van der Waals surface area contributed by atoms with Gasteiger partial charge in [-0.15, -0.1) is 0 Å². The van der Waals surface area contributed by atoms with Crippen molar-refractivity contribution in [2.24, 2.45) is 0 Å². The zero-order valence-electron chi connectivity index (χ0n) is 13.0. The number of benzene rings is 2. The zero-order chi connectivity index (χ0) is 17.1. The predicted molar refractivity (Wildman–Crippen MR) is 92.0 cm³/mol. The van der Waals surface area contributed by atoms with E-state index >= 15 is 0 Å². The number of piperazine rings is 1. The molecule has 0 bridgehead atoms. The smallest absolute Gasteiger partial charge is 0.269 e. The summed E-state index contributed by atoms with van der Waals surface area (Å²) in [6.07, 6.45) is 0. The van der Waals surface area contributed by atoms with Crippen molar-refractivity contribution in [3.63, 3.8) is 0 Å². The monoisotopic (exact) mass is 349 g/mol. The molecule has 5 nitrogen and oxygen atoms in total. The van der Waals surface area contributed by atoms with Crippen molar-refractivity contribution in [1.29, 1.82) is 0 Å². The molecule has 1 heterocycles. The highest BCUT2D eigenvalue weighted by Crippen LogP contribution is 2.24. The van der Waals surface area contributed by atoms with Gasteiger partial charge in [0, 0.05) is 55.6 Å². The Morgan fingerprint density at radius 2 is 1.75 bits per heavy atom. The van der Waals surface area contributed by atoms with E-state index in [-0.39, 0.29) is 11.5 Å². The lowest BCUT2D eigenvalue weighted by molar-refractivity contribution is -0.384. The second-order valence-electron chi connectivity index (χ2n) is 5.77. The van der Waals surface area contributed by atoms with Crippen molar-refractivity contribution in [3.05, 3.63) is 69.0 Å². The molecule has 24 heavy (non-hydrogen) atoms. The second kappa shape index (κ2) is 7.15. The number of non-ortho nitro benzene ring substituents is 1. The molecule has 0 saturated carbocycles. The maximum Gasteiger partial charge on any atom is 0.269 e. The summed E-state index contributed by atoms with van der Waals surface area (Å²) < 4.78 is 13.0. The minimum Gasteiger partial charge on any atom is -0.369 e. The molecule has 0 spiro atoms. The largest absolute Gasteiger partial charge is 0.369 e. The van der Waals surface area contributed by atoms with Crippen LogP contribution in [0.2, 0.25) is 5.02 Å². The van der Waals surface area contributed by atoms with Crippen molar-refractivity contribution < 1.29 is 9.31 Å². The predicted octanol–water partition coefficient (Wildman–Crippen LogP) is 3.71. The van der Waals surface area contributed by atoms with E-state index in [9.17, 15) is 14.5 Å². The van der Waals surface area contributed by atoms with Gasteiger partial charge in [-0.3, -0.25) is 15.0 Å². The van der Waals surface area contributed by atoms with Crippen LogP contribution in [0.25, 0.3) is 0 Å². The average molecular weight is 350 g/mol. The van der Waals surface area contributed by atoms with Gasteiger partial charge in [-0.2, -0.15) is 0 Å². The molecule has 1 saturated heterocycles. The van der Waals surface area contributed by atoms with Crippen LogP contribution >= 0.6 is 11.6 Å². The van der Waals surface area contributed by atoms with Crippen LogP contribution in [0.4, 0.5) is 15.8 Å². The molecule has 3 rings (SSSR count). The van der Waals surface area contributed by atoms with Crippen LogP contribution in [0.15, 0.2) is 42.5 Å². The Morgan fingerprint density at radius 1 is 1.08 bits per heavy atom. The molecule has 126 valence electrons. The highest BCUT2D eigenvalue weighted by Gasteiger charge is 2.19. The molecule has 0 amide bonds. The molecular weight excluding hydrogens is 333 g/mol. The first-order chi connectivity index (χ1) is 11.5. The molecule has 0 aromatic heterocycles. The summed E-state index contributed by atoms with van der Waals surface area (Å²) in [5, 5.41) is 11.4. The summed E-state index contributed by atoms with van der Waals surface area (Å²) in [5.74, 6) is -0.238. The standard InChI is InChI=1S/C17H17ClFN3O2/c18-17-6-5-16(22(23)24)11-13(17)12-20-7-9-21(10-8-20)15-3-1-14(19)2-4-15/h1-6,11H,7-10,12H2. The first-order valence-electron chi connectivity index (χ1n) is 7.68. The highest BCUT2D eigenvalue weighted by atomic mass is 35.5. The number of hydrogen-bond acceptors (Lipinski definition) is 4. The summed E-state index contributed by atoms with van der Waals surface area (Å²) in [6, 6.07) is 11.0. The van der Waals surface area contributed by atoms with Crippen molar-refractivity contribution in [2.45, 2.75) is 6.54 Å². The maximum absolute atomic E-state index is 13.0. The molecule has 0 atom stereocenters. The third-order valence-electron chi connectivity index (χ3n) is 4.20. The van der Waals surface area contributed by atoms with E-state index in [0.717, 1.165) is 37.4 Å². The lowest BCUT2D eigenvalue weighted by Crippen LogP contribution is -2.46. The van der Waals surface area contributed by atoms with Gasteiger partial charge < -0.3 is 4.90 Å². The van der Waals surface area contributed by atoms with Crippen molar-refractivity contribution >= 4 is 23.0 Å². The normalized spacial score (nSPS) is 15.5. The van der Waals surface area contributed by atoms with Crippen LogP contribution < -0.4 is 4.90 Å². The summed E-state index contributed by atoms with van der Waals surface area (Å²) in [7, 11) is 0. The van der Waals surface area contributed by atoms with E-state index in [2.05, 4.69) is 9.80 Å². The van der Waals surface area contributed by atoms with Crippen LogP contribution in [0.1, 0.15) is 5.56 Å². The van der Waals surface area contributed by atoms with Gasteiger partial charge >= 0.3 is 0 Å². The third kappa shape index (κ3) is 3.83. The van der Waals surface area contributed by atoms with Crippen molar-refractivity contribution in [2.75, 3.05) is 31.1 Å². The minimum absolute atomic E-state index is 0.0550. The van der Waals surface area contributed by atoms with Crippen molar-refractivity contribution in [1.82, 2.24) is 4.90 Å². The molecule has 7 heteroatoms. The molecule has 2 aromatic carbocycles. The Bertz CT molecular complexity index is 731. The first kappa shape index (κ1) is 16.7. The molecule has 1 fully saturated rings. The van der Waals surface area contributed by atoms with E-state index < -0.39 is 4.92 Å². The molecule has 0 radical (unpaired) electrons. The van der Waals surface area contributed by atoms with Gasteiger partial charge in [0.25, 0.3) is 5.69 Å². The third-order valence-corrected chi connectivity index (χ3v) is 4.57. The highest BCUT2D eigenvalue weighted by molar-refractivity contribution is 6.31.